The smallest absolute Gasteiger partial charge is 0.0441 e. The Hall–Kier alpha value is -1.60. The van der Waals surface area contributed by atoms with E-state index < -0.39 is 0 Å². The topological polar surface area (TPSA) is 0 Å². The maximum absolute atomic E-state index is 3.84. The van der Waals surface area contributed by atoms with Crippen LogP contribution in [-0.4, -0.2) is 0 Å². The van der Waals surface area contributed by atoms with Crippen LogP contribution in [0.2, 0.25) is 0 Å². The minimum absolute atomic E-state index is 0.348. The minimum Gasteiger partial charge on any atom is -0.0835 e. The zero-order valence-electron chi connectivity index (χ0n) is 10.6. The van der Waals surface area contributed by atoms with Crippen LogP contribution in [0, 0.1) is 0 Å². The minimum atomic E-state index is 0.348. The molecule has 0 spiro atoms. The van der Waals surface area contributed by atoms with Crippen LogP contribution in [0.3, 0.4) is 0 Å². The van der Waals surface area contributed by atoms with Crippen molar-refractivity contribution in [2.45, 2.75) is 11.2 Å². The summed E-state index contributed by atoms with van der Waals surface area (Å²) in [6, 6.07) is 25.7. The molecule has 0 nitrogen and oxygen atoms in total. The lowest BCUT2D eigenvalue weighted by molar-refractivity contribution is 0.958. The Balaban J connectivity index is 1.96. The van der Waals surface area contributed by atoms with Gasteiger partial charge in [-0.3, -0.25) is 0 Å². The Bertz CT molecular complexity index is 668. The van der Waals surface area contributed by atoms with E-state index in [1.54, 1.807) is 0 Å². The van der Waals surface area contributed by atoms with Crippen molar-refractivity contribution in [3.8, 4) is 0 Å². The molecule has 0 aliphatic heterocycles. The van der Waals surface area contributed by atoms with E-state index in [-0.39, 0.29) is 0 Å². The first kappa shape index (κ1) is 12.4. The van der Waals surface area contributed by atoms with Gasteiger partial charge in [-0.05, 0) is 28.3 Å². The van der Waals surface area contributed by atoms with Crippen LogP contribution < -0.4 is 0 Å². The quantitative estimate of drug-likeness (QED) is 0.559. The van der Waals surface area contributed by atoms with Crippen LogP contribution in [0.1, 0.15) is 16.0 Å². The highest BCUT2D eigenvalue weighted by molar-refractivity contribution is 9.09. The van der Waals surface area contributed by atoms with Crippen LogP contribution >= 0.6 is 15.9 Å². The molecule has 0 bridgehead atoms. The van der Waals surface area contributed by atoms with Crippen LogP contribution in [0.15, 0.2) is 72.8 Å². The highest BCUT2D eigenvalue weighted by Gasteiger charge is 2.11. The number of hydrogen-bond acceptors (Lipinski definition) is 0. The van der Waals surface area contributed by atoms with Crippen LogP contribution in [0.5, 0.6) is 0 Å². The van der Waals surface area contributed by atoms with Crippen molar-refractivity contribution >= 4 is 26.7 Å². The highest BCUT2D eigenvalue weighted by atomic mass is 79.9. The molecule has 0 N–H and O–H groups in total. The molecule has 0 heterocycles. The van der Waals surface area contributed by atoms with Gasteiger partial charge in [-0.1, -0.05) is 88.7 Å². The van der Waals surface area contributed by atoms with Crippen molar-refractivity contribution in [1.82, 2.24) is 0 Å². The molecule has 0 fully saturated rings. The van der Waals surface area contributed by atoms with E-state index in [1.165, 1.54) is 21.9 Å². The summed E-state index contributed by atoms with van der Waals surface area (Å²) in [5.74, 6) is 0. The summed E-state index contributed by atoms with van der Waals surface area (Å²) in [7, 11) is 0. The summed E-state index contributed by atoms with van der Waals surface area (Å²) < 4.78 is 0. The Morgan fingerprint density at radius 1 is 0.737 bits per heavy atom. The van der Waals surface area contributed by atoms with Gasteiger partial charge in [0.05, 0.1) is 0 Å². The second-order valence-electron chi connectivity index (χ2n) is 4.73. The molecule has 0 saturated heterocycles. The van der Waals surface area contributed by atoms with Gasteiger partial charge in [0.2, 0.25) is 0 Å². The average molecular weight is 311 g/mol. The van der Waals surface area contributed by atoms with E-state index in [9.17, 15) is 0 Å². The van der Waals surface area contributed by atoms with Crippen molar-refractivity contribution < 1.29 is 0 Å². The lowest BCUT2D eigenvalue weighted by atomic mass is 9.98. The van der Waals surface area contributed by atoms with E-state index in [2.05, 4.69) is 88.7 Å². The molecule has 0 aliphatic rings. The normalized spacial score (nSPS) is 12.5. The Labute approximate surface area is 122 Å². The second-order valence-corrected chi connectivity index (χ2v) is 5.83. The van der Waals surface area contributed by atoms with Crippen LogP contribution in [0.25, 0.3) is 10.8 Å². The molecule has 0 radical (unpaired) electrons. The fourth-order valence-electron chi connectivity index (χ4n) is 2.45. The maximum Gasteiger partial charge on any atom is 0.0441 e. The first-order valence-electron chi connectivity index (χ1n) is 6.50. The molecule has 0 aromatic heterocycles. The maximum atomic E-state index is 3.84. The SMILES string of the molecule is BrC(Cc1ccccc1)c1cccc2ccccc12. The number of benzene rings is 3. The predicted molar refractivity (Wildman–Crippen MR) is 85.8 cm³/mol. The molecule has 1 atom stereocenters. The molecular formula is C18H15Br. The molecule has 3 rings (SSSR count). The lowest BCUT2D eigenvalue weighted by Crippen LogP contribution is -1.96. The van der Waals surface area contributed by atoms with E-state index in [0.29, 0.717) is 4.83 Å². The van der Waals surface area contributed by atoms with Gasteiger partial charge in [-0.25, -0.2) is 0 Å². The number of alkyl halides is 1. The van der Waals surface area contributed by atoms with Crippen molar-refractivity contribution in [2.75, 3.05) is 0 Å². The first-order valence-corrected chi connectivity index (χ1v) is 7.42. The summed E-state index contributed by atoms with van der Waals surface area (Å²) in [4.78, 5) is 0.348. The van der Waals surface area contributed by atoms with Gasteiger partial charge in [0.25, 0.3) is 0 Å². The monoisotopic (exact) mass is 310 g/mol. The van der Waals surface area contributed by atoms with Crippen molar-refractivity contribution in [3.05, 3.63) is 83.9 Å². The van der Waals surface area contributed by atoms with Crippen LogP contribution in [0.4, 0.5) is 0 Å². The Morgan fingerprint density at radius 3 is 2.26 bits per heavy atom. The summed E-state index contributed by atoms with van der Waals surface area (Å²) in [5.41, 5.74) is 2.72. The third-order valence-electron chi connectivity index (χ3n) is 3.42. The third kappa shape index (κ3) is 2.71. The van der Waals surface area contributed by atoms with Crippen molar-refractivity contribution in [3.63, 3.8) is 0 Å². The zero-order valence-corrected chi connectivity index (χ0v) is 12.2. The number of rotatable bonds is 3. The Morgan fingerprint density at radius 2 is 1.42 bits per heavy atom. The van der Waals surface area contributed by atoms with Crippen molar-refractivity contribution in [2.24, 2.45) is 0 Å². The molecule has 3 aromatic rings. The van der Waals surface area contributed by atoms with Crippen LogP contribution in [-0.2, 0) is 6.42 Å². The molecule has 19 heavy (non-hydrogen) atoms. The molecular weight excluding hydrogens is 296 g/mol. The summed E-state index contributed by atoms with van der Waals surface area (Å²) in [6.07, 6.45) is 1.01. The van der Waals surface area contributed by atoms with Gasteiger partial charge in [-0.15, -0.1) is 0 Å². The molecule has 0 saturated carbocycles. The molecule has 1 heteroatoms. The molecule has 0 aliphatic carbocycles. The number of hydrogen-bond donors (Lipinski definition) is 0. The highest BCUT2D eigenvalue weighted by Crippen LogP contribution is 2.32. The number of halogens is 1. The first-order chi connectivity index (χ1) is 9.34. The summed E-state index contributed by atoms with van der Waals surface area (Å²) >= 11 is 3.84. The fraction of sp³-hybridized carbons (Fsp3) is 0.111. The van der Waals surface area contributed by atoms with Gasteiger partial charge in [0.1, 0.15) is 0 Å². The van der Waals surface area contributed by atoms with Gasteiger partial charge >= 0.3 is 0 Å². The van der Waals surface area contributed by atoms with Gasteiger partial charge in [0, 0.05) is 4.83 Å². The van der Waals surface area contributed by atoms with Crippen molar-refractivity contribution in [1.29, 1.82) is 0 Å². The standard InChI is InChI=1S/C18H15Br/c19-18(13-14-7-2-1-3-8-14)17-12-6-10-15-9-4-5-11-16(15)17/h1-12,18H,13H2. The van der Waals surface area contributed by atoms with E-state index in [1.807, 2.05) is 0 Å². The largest absolute Gasteiger partial charge is 0.0835 e. The van der Waals surface area contributed by atoms with E-state index in [0.717, 1.165) is 6.42 Å². The summed E-state index contributed by atoms with van der Waals surface area (Å²) in [6.45, 7) is 0. The summed E-state index contributed by atoms with van der Waals surface area (Å²) in [5, 5.41) is 2.64. The van der Waals surface area contributed by atoms with Gasteiger partial charge in [-0.2, -0.15) is 0 Å². The second kappa shape index (κ2) is 5.58. The molecule has 0 amide bonds. The van der Waals surface area contributed by atoms with E-state index in [4.69, 9.17) is 0 Å². The molecule has 1 unspecified atom stereocenters. The number of fused-ring (bicyclic) bond motifs is 1. The molecule has 94 valence electrons. The molecule has 3 aromatic carbocycles. The average Bonchev–Trinajstić information content (AvgIpc) is 2.47. The fourth-order valence-corrected chi connectivity index (χ4v) is 3.23. The Kier molecular flexibility index (Phi) is 3.65. The van der Waals surface area contributed by atoms with Gasteiger partial charge < -0.3 is 0 Å². The predicted octanol–water partition coefficient (Wildman–Crippen LogP) is 5.52. The third-order valence-corrected chi connectivity index (χ3v) is 4.24. The van der Waals surface area contributed by atoms with E-state index >= 15 is 0 Å². The lowest BCUT2D eigenvalue weighted by Gasteiger charge is -2.13. The zero-order chi connectivity index (χ0) is 13.1. The van der Waals surface area contributed by atoms with Gasteiger partial charge in [0.15, 0.2) is 0 Å².